The van der Waals surface area contributed by atoms with Crippen molar-refractivity contribution in [2.75, 3.05) is 11.9 Å². The van der Waals surface area contributed by atoms with Crippen molar-refractivity contribution in [2.45, 2.75) is 44.2 Å². The van der Waals surface area contributed by atoms with Gasteiger partial charge in [0.05, 0.1) is 0 Å². The van der Waals surface area contributed by atoms with E-state index in [9.17, 15) is 4.79 Å². The zero-order valence-electron chi connectivity index (χ0n) is 12.2. The van der Waals surface area contributed by atoms with Gasteiger partial charge in [-0.2, -0.15) is 0 Å². The molecule has 3 nitrogen and oxygen atoms in total. The highest BCUT2D eigenvalue weighted by Crippen LogP contribution is 2.35. The molecule has 1 heterocycles. The van der Waals surface area contributed by atoms with Gasteiger partial charge in [-0.1, -0.05) is 47.0 Å². The van der Waals surface area contributed by atoms with Gasteiger partial charge in [0.15, 0.2) is 0 Å². The Balaban J connectivity index is 1.77. The number of nitrogens with zero attached hydrogens (tertiary/aromatic N) is 2. The molecule has 1 aliphatic carbocycles. The molecule has 1 saturated carbocycles. The summed E-state index contributed by atoms with van der Waals surface area (Å²) < 4.78 is 0. The molecule has 2 fully saturated rings. The van der Waals surface area contributed by atoms with Gasteiger partial charge in [-0.05, 0) is 31.4 Å². The molecule has 1 amide bonds. The van der Waals surface area contributed by atoms with Crippen LogP contribution in [0.5, 0.6) is 0 Å². The molecule has 2 unspecified atom stereocenters. The number of carbonyl (C=O) groups is 1. The minimum absolute atomic E-state index is 0.147. The monoisotopic (exact) mass is 349 g/mol. The van der Waals surface area contributed by atoms with Crippen LogP contribution in [0.3, 0.4) is 0 Å². The number of hydrogen-bond acceptors (Lipinski definition) is 2. The molecule has 2 atom stereocenters. The predicted octanol–water partition coefficient (Wildman–Crippen LogP) is 3.66. The van der Waals surface area contributed by atoms with Gasteiger partial charge in [-0.25, -0.2) is 0 Å². The van der Waals surface area contributed by atoms with Gasteiger partial charge in [0, 0.05) is 29.5 Å². The fourth-order valence-corrected chi connectivity index (χ4v) is 3.78. The average Bonchev–Trinajstić information content (AvgIpc) is 2.92. The Morgan fingerprint density at radius 2 is 1.86 bits per heavy atom. The standard InChI is InChI=1S/C17H22BrN2O/c18-11-6-12-19-13-20(16-10-5-4-9-15(16)19)17(21)14-7-2-1-3-8-14/h1-3,7-8,13,15-16H,4-6,9-12H2. The maximum absolute atomic E-state index is 12.8. The molecule has 0 aromatic heterocycles. The molecule has 21 heavy (non-hydrogen) atoms. The lowest BCUT2D eigenvalue weighted by Gasteiger charge is -2.32. The van der Waals surface area contributed by atoms with Gasteiger partial charge in [-0.3, -0.25) is 9.69 Å². The molecule has 1 aromatic carbocycles. The summed E-state index contributed by atoms with van der Waals surface area (Å²) in [5.74, 6) is 0.147. The maximum atomic E-state index is 12.8. The van der Waals surface area contributed by atoms with E-state index >= 15 is 0 Å². The lowest BCUT2D eigenvalue weighted by molar-refractivity contribution is 0.0745. The number of rotatable bonds is 4. The van der Waals surface area contributed by atoms with Crippen LogP contribution in [-0.2, 0) is 0 Å². The second-order valence-corrected chi connectivity index (χ2v) is 6.69. The van der Waals surface area contributed by atoms with Gasteiger partial charge < -0.3 is 4.90 Å². The van der Waals surface area contributed by atoms with Gasteiger partial charge in [0.25, 0.3) is 5.91 Å². The fourth-order valence-electron chi connectivity index (χ4n) is 3.53. The summed E-state index contributed by atoms with van der Waals surface area (Å²) in [6, 6.07) is 10.5. The van der Waals surface area contributed by atoms with Crippen LogP contribution in [0.25, 0.3) is 0 Å². The largest absolute Gasteiger partial charge is 0.315 e. The first-order chi connectivity index (χ1) is 10.3. The smallest absolute Gasteiger partial charge is 0.255 e. The third-order valence-electron chi connectivity index (χ3n) is 4.56. The van der Waals surface area contributed by atoms with E-state index in [-0.39, 0.29) is 5.91 Å². The Kier molecular flexibility index (Phi) is 4.96. The summed E-state index contributed by atoms with van der Waals surface area (Å²) in [5, 5.41) is 1.02. The minimum atomic E-state index is 0.147. The lowest BCUT2D eigenvalue weighted by atomic mass is 9.90. The zero-order chi connectivity index (χ0) is 14.7. The highest BCUT2D eigenvalue weighted by molar-refractivity contribution is 9.09. The second kappa shape index (κ2) is 6.93. The highest BCUT2D eigenvalue weighted by Gasteiger charge is 2.43. The normalized spacial score (nSPS) is 25.9. The molecule has 0 N–H and O–H groups in total. The van der Waals surface area contributed by atoms with Crippen molar-refractivity contribution in [1.82, 2.24) is 9.80 Å². The van der Waals surface area contributed by atoms with E-state index in [1.54, 1.807) is 0 Å². The number of benzene rings is 1. The van der Waals surface area contributed by atoms with Gasteiger partial charge in [-0.15, -0.1) is 0 Å². The molecule has 0 spiro atoms. The van der Waals surface area contributed by atoms with E-state index in [1.807, 2.05) is 35.2 Å². The topological polar surface area (TPSA) is 23.6 Å². The van der Waals surface area contributed by atoms with Crippen LogP contribution in [-0.4, -0.2) is 39.7 Å². The molecular weight excluding hydrogens is 328 g/mol. The van der Waals surface area contributed by atoms with Crippen molar-refractivity contribution in [1.29, 1.82) is 0 Å². The van der Waals surface area contributed by atoms with Crippen LogP contribution in [0.4, 0.5) is 0 Å². The third kappa shape index (κ3) is 3.16. The summed E-state index contributed by atoms with van der Waals surface area (Å²) in [6.45, 7) is 3.11. The van der Waals surface area contributed by atoms with E-state index in [0.29, 0.717) is 12.1 Å². The van der Waals surface area contributed by atoms with Gasteiger partial charge in [0.2, 0.25) is 0 Å². The summed E-state index contributed by atoms with van der Waals surface area (Å²) in [4.78, 5) is 17.2. The highest BCUT2D eigenvalue weighted by atomic mass is 79.9. The van der Waals surface area contributed by atoms with Crippen LogP contribution >= 0.6 is 15.9 Å². The molecule has 113 valence electrons. The third-order valence-corrected chi connectivity index (χ3v) is 5.12. The van der Waals surface area contributed by atoms with Gasteiger partial charge in [0.1, 0.15) is 6.67 Å². The maximum Gasteiger partial charge on any atom is 0.255 e. The number of amides is 1. The molecule has 1 radical (unpaired) electrons. The number of fused-ring (bicyclic) bond motifs is 1. The lowest BCUT2D eigenvalue weighted by Crippen LogP contribution is -2.42. The van der Waals surface area contributed by atoms with Crippen LogP contribution < -0.4 is 0 Å². The van der Waals surface area contributed by atoms with E-state index < -0.39 is 0 Å². The first kappa shape index (κ1) is 15.0. The summed E-state index contributed by atoms with van der Waals surface area (Å²) in [6.07, 6.45) is 5.98. The number of alkyl halides is 1. The van der Waals surface area contributed by atoms with E-state index in [2.05, 4.69) is 27.5 Å². The molecule has 4 heteroatoms. The Morgan fingerprint density at radius 1 is 1.14 bits per heavy atom. The van der Waals surface area contributed by atoms with Crippen molar-refractivity contribution >= 4 is 21.8 Å². The molecule has 1 aromatic rings. The van der Waals surface area contributed by atoms with Crippen LogP contribution in [0.2, 0.25) is 0 Å². The Morgan fingerprint density at radius 3 is 2.57 bits per heavy atom. The van der Waals surface area contributed by atoms with Crippen LogP contribution in [0.15, 0.2) is 30.3 Å². The van der Waals surface area contributed by atoms with Crippen molar-refractivity contribution in [3.63, 3.8) is 0 Å². The Hall–Kier alpha value is -0.870. The second-order valence-electron chi connectivity index (χ2n) is 5.89. The Labute approximate surface area is 135 Å². The number of hydrogen-bond donors (Lipinski definition) is 0. The molecule has 2 aliphatic rings. The van der Waals surface area contributed by atoms with E-state index in [1.165, 1.54) is 19.3 Å². The van der Waals surface area contributed by atoms with Crippen molar-refractivity contribution in [3.8, 4) is 0 Å². The average molecular weight is 350 g/mol. The van der Waals surface area contributed by atoms with Gasteiger partial charge >= 0.3 is 0 Å². The molecule has 0 bridgehead atoms. The fraction of sp³-hybridized carbons (Fsp3) is 0.529. The Bertz CT molecular complexity index is 479. The van der Waals surface area contributed by atoms with E-state index in [4.69, 9.17) is 0 Å². The number of carbonyl (C=O) groups excluding carboxylic acids is 1. The van der Waals surface area contributed by atoms with Crippen LogP contribution in [0.1, 0.15) is 42.5 Å². The molecule has 1 saturated heterocycles. The van der Waals surface area contributed by atoms with E-state index in [0.717, 1.165) is 30.3 Å². The first-order valence-corrected chi connectivity index (χ1v) is 8.98. The minimum Gasteiger partial charge on any atom is -0.315 e. The van der Waals surface area contributed by atoms with Crippen molar-refractivity contribution in [3.05, 3.63) is 42.6 Å². The summed E-state index contributed by atoms with van der Waals surface area (Å²) >= 11 is 3.50. The SMILES string of the molecule is O=C(c1ccccc1)N1[CH]N(CCCBr)C2CCCCC21. The van der Waals surface area contributed by atoms with Crippen molar-refractivity contribution < 1.29 is 4.79 Å². The predicted molar refractivity (Wildman–Crippen MR) is 88.1 cm³/mol. The molecular formula is C17H22BrN2O. The summed E-state index contributed by atoms with van der Waals surface area (Å²) in [7, 11) is 0. The number of halogens is 1. The zero-order valence-corrected chi connectivity index (χ0v) is 13.8. The first-order valence-electron chi connectivity index (χ1n) is 7.85. The quantitative estimate of drug-likeness (QED) is 0.774. The van der Waals surface area contributed by atoms with Crippen LogP contribution in [0, 0.1) is 6.67 Å². The summed E-state index contributed by atoms with van der Waals surface area (Å²) in [5.41, 5.74) is 0.792. The van der Waals surface area contributed by atoms with Crippen molar-refractivity contribution in [2.24, 2.45) is 0 Å². The molecule has 1 aliphatic heterocycles. The molecule has 3 rings (SSSR count).